The Morgan fingerprint density at radius 2 is 2.11 bits per heavy atom. The van der Waals surface area contributed by atoms with Gasteiger partial charge in [-0.15, -0.1) is 0 Å². The highest BCUT2D eigenvalue weighted by atomic mass is 16.5. The second kappa shape index (κ2) is 7.46. The Balaban J connectivity index is 2.76. The van der Waals surface area contributed by atoms with Crippen LogP contribution in [0.25, 0.3) is 0 Å². The van der Waals surface area contributed by atoms with E-state index in [9.17, 15) is 9.90 Å². The second-order valence-corrected chi connectivity index (χ2v) is 4.04. The third-order valence-corrected chi connectivity index (χ3v) is 2.83. The number of hydrogen-bond acceptors (Lipinski definition) is 4. The van der Waals surface area contributed by atoms with Crippen molar-refractivity contribution in [2.24, 2.45) is 5.92 Å². The number of nitrogens with zero attached hydrogens (tertiary/aromatic N) is 1. The van der Waals surface area contributed by atoms with Crippen LogP contribution in [0.4, 0.5) is 0 Å². The van der Waals surface area contributed by atoms with Gasteiger partial charge >= 0.3 is 5.97 Å². The minimum Gasteiger partial charge on any atom is -0.469 e. The normalized spacial score (nSPS) is 13.4. The molecule has 0 heterocycles. The minimum atomic E-state index is -0.891. The van der Waals surface area contributed by atoms with Crippen LogP contribution in [0, 0.1) is 17.2 Å². The third-order valence-electron chi connectivity index (χ3n) is 2.83. The molecule has 0 saturated heterocycles. The van der Waals surface area contributed by atoms with Crippen LogP contribution in [0.5, 0.6) is 0 Å². The molecule has 0 aliphatic heterocycles. The molecule has 0 spiro atoms. The first-order chi connectivity index (χ1) is 8.70. The van der Waals surface area contributed by atoms with Gasteiger partial charge in [-0.05, 0) is 18.4 Å². The van der Waals surface area contributed by atoms with Gasteiger partial charge < -0.3 is 9.84 Å². The highest BCUT2D eigenvalue weighted by Gasteiger charge is 2.28. The van der Waals surface area contributed by atoms with Crippen LogP contribution < -0.4 is 0 Å². The predicted molar refractivity (Wildman–Crippen MR) is 66.4 cm³/mol. The Bertz CT molecular complexity index is 411. The summed E-state index contributed by atoms with van der Waals surface area (Å²) in [7, 11) is 1.30. The van der Waals surface area contributed by atoms with E-state index in [0.29, 0.717) is 24.8 Å². The van der Waals surface area contributed by atoms with Crippen LogP contribution in [0.3, 0.4) is 0 Å². The lowest BCUT2D eigenvalue weighted by molar-refractivity contribution is -0.150. The van der Waals surface area contributed by atoms with Crippen molar-refractivity contribution in [3.05, 3.63) is 35.9 Å². The molecule has 96 valence electrons. The molecule has 0 unspecified atom stereocenters. The van der Waals surface area contributed by atoms with Gasteiger partial charge in [-0.1, -0.05) is 30.3 Å². The first-order valence-corrected chi connectivity index (χ1v) is 5.88. The summed E-state index contributed by atoms with van der Waals surface area (Å²) in [4.78, 5) is 11.7. The van der Waals surface area contributed by atoms with Gasteiger partial charge in [-0.3, -0.25) is 4.79 Å². The highest BCUT2D eigenvalue weighted by Crippen LogP contribution is 2.27. The second-order valence-electron chi connectivity index (χ2n) is 4.04. The van der Waals surface area contributed by atoms with Crippen molar-refractivity contribution in [2.75, 3.05) is 7.11 Å². The van der Waals surface area contributed by atoms with E-state index in [1.807, 2.05) is 24.3 Å². The van der Waals surface area contributed by atoms with E-state index in [2.05, 4.69) is 0 Å². The lowest BCUT2D eigenvalue weighted by atomic mass is 9.91. The molecule has 1 aromatic rings. The number of rotatable bonds is 6. The number of esters is 1. The molecule has 18 heavy (non-hydrogen) atoms. The van der Waals surface area contributed by atoms with Crippen molar-refractivity contribution in [1.82, 2.24) is 0 Å². The van der Waals surface area contributed by atoms with Crippen molar-refractivity contribution < 1.29 is 14.6 Å². The summed E-state index contributed by atoms with van der Waals surface area (Å²) in [5.41, 5.74) is 0.685. The van der Waals surface area contributed by atoms with Gasteiger partial charge in [0, 0.05) is 6.42 Å². The quantitative estimate of drug-likeness (QED) is 0.618. The Hall–Kier alpha value is -1.86. The van der Waals surface area contributed by atoms with Gasteiger partial charge in [0.15, 0.2) is 0 Å². The van der Waals surface area contributed by atoms with E-state index in [-0.39, 0.29) is 0 Å². The molecular formula is C14H17NO3. The maximum absolute atomic E-state index is 11.7. The van der Waals surface area contributed by atoms with Gasteiger partial charge in [0.2, 0.25) is 0 Å². The Labute approximate surface area is 107 Å². The fourth-order valence-electron chi connectivity index (χ4n) is 1.84. The van der Waals surface area contributed by atoms with Gasteiger partial charge in [0.25, 0.3) is 0 Å². The summed E-state index contributed by atoms with van der Waals surface area (Å²) in [6.45, 7) is 0. The fraction of sp³-hybridized carbons (Fsp3) is 0.429. The lowest BCUT2D eigenvalue weighted by Gasteiger charge is -2.20. The minimum absolute atomic E-state index is 0.370. The molecular weight excluding hydrogens is 230 g/mol. The van der Waals surface area contributed by atoms with Crippen LogP contribution in [-0.2, 0) is 9.53 Å². The number of benzene rings is 1. The maximum Gasteiger partial charge on any atom is 0.311 e. The number of carbonyl (C=O) groups is 1. The average Bonchev–Trinajstić information content (AvgIpc) is 2.43. The molecule has 0 bridgehead atoms. The van der Waals surface area contributed by atoms with Gasteiger partial charge in [-0.25, -0.2) is 0 Å². The maximum atomic E-state index is 11.7. The van der Waals surface area contributed by atoms with Crippen molar-refractivity contribution >= 4 is 5.97 Å². The number of hydrogen-bond donors (Lipinski definition) is 1. The van der Waals surface area contributed by atoms with Crippen LogP contribution >= 0.6 is 0 Å². The topological polar surface area (TPSA) is 70.3 Å². The van der Waals surface area contributed by atoms with E-state index in [1.165, 1.54) is 7.11 Å². The van der Waals surface area contributed by atoms with E-state index in [0.717, 1.165) is 0 Å². The van der Waals surface area contributed by atoms with Gasteiger partial charge in [-0.2, -0.15) is 5.26 Å². The summed E-state index contributed by atoms with van der Waals surface area (Å²) < 4.78 is 4.70. The zero-order chi connectivity index (χ0) is 13.4. The number of methoxy groups -OCH3 is 1. The summed E-state index contributed by atoms with van der Waals surface area (Å²) in [6, 6.07) is 11.0. The van der Waals surface area contributed by atoms with Gasteiger partial charge in [0.05, 0.1) is 25.2 Å². The number of unbranched alkanes of at least 4 members (excludes halogenated alkanes) is 1. The molecule has 1 N–H and O–H groups in total. The van der Waals surface area contributed by atoms with Gasteiger partial charge in [0.1, 0.15) is 0 Å². The van der Waals surface area contributed by atoms with E-state index in [1.54, 1.807) is 12.1 Å². The molecule has 0 aromatic heterocycles. The van der Waals surface area contributed by atoms with Crippen LogP contribution in [0.1, 0.15) is 30.9 Å². The average molecular weight is 247 g/mol. The zero-order valence-electron chi connectivity index (χ0n) is 10.4. The Morgan fingerprint density at radius 3 is 2.67 bits per heavy atom. The number of ether oxygens (including phenoxy) is 1. The van der Waals surface area contributed by atoms with Crippen LogP contribution in [0.2, 0.25) is 0 Å². The molecule has 0 aliphatic carbocycles. The molecule has 1 aromatic carbocycles. The summed E-state index contributed by atoms with van der Waals surface area (Å²) in [6.07, 6.45) is 0.489. The molecule has 4 nitrogen and oxygen atoms in total. The number of aliphatic hydroxyl groups is 1. The molecule has 0 saturated carbocycles. The molecule has 0 fully saturated rings. The van der Waals surface area contributed by atoms with Crippen molar-refractivity contribution in [1.29, 1.82) is 5.26 Å². The molecule has 4 heteroatoms. The van der Waals surface area contributed by atoms with Crippen molar-refractivity contribution in [3.8, 4) is 6.07 Å². The van der Waals surface area contributed by atoms with Crippen LogP contribution in [0.15, 0.2) is 30.3 Å². The first kappa shape index (κ1) is 14.2. The standard InChI is InChI=1S/C14H17NO3/c1-18-14(17)12(9-5-6-10-15)13(16)11-7-3-2-4-8-11/h2-4,7-8,12-13,16H,5-6,9H2,1H3/t12-,13+/m1/s1. The molecule has 0 amide bonds. The largest absolute Gasteiger partial charge is 0.469 e. The smallest absolute Gasteiger partial charge is 0.311 e. The number of aliphatic hydroxyl groups excluding tert-OH is 1. The van der Waals surface area contributed by atoms with Crippen molar-refractivity contribution in [2.45, 2.75) is 25.4 Å². The Morgan fingerprint density at radius 1 is 1.44 bits per heavy atom. The number of nitriles is 1. The molecule has 2 atom stereocenters. The zero-order valence-corrected chi connectivity index (χ0v) is 10.4. The molecule has 0 radical (unpaired) electrons. The predicted octanol–water partition coefficient (Wildman–Crippen LogP) is 2.20. The summed E-state index contributed by atoms with van der Waals surface area (Å²) >= 11 is 0. The van der Waals surface area contributed by atoms with E-state index < -0.39 is 18.0 Å². The highest BCUT2D eigenvalue weighted by molar-refractivity contribution is 5.73. The molecule has 1 rings (SSSR count). The monoisotopic (exact) mass is 247 g/mol. The fourth-order valence-corrected chi connectivity index (χ4v) is 1.84. The van der Waals surface area contributed by atoms with Crippen LogP contribution in [-0.4, -0.2) is 18.2 Å². The van der Waals surface area contributed by atoms with E-state index in [4.69, 9.17) is 10.00 Å². The SMILES string of the molecule is COC(=O)[C@H](CCCC#N)[C@@H](O)c1ccccc1. The Kier molecular flexibility index (Phi) is 5.89. The van der Waals surface area contributed by atoms with Crippen molar-refractivity contribution in [3.63, 3.8) is 0 Å². The first-order valence-electron chi connectivity index (χ1n) is 5.88. The third kappa shape index (κ3) is 3.86. The van der Waals surface area contributed by atoms with E-state index >= 15 is 0 Å². The lowest BCUT2D eigenvalue weighted by Crippen LogP contribution is -2.23. The summed E-state index contributed by atoms with van der Waals surface area (Å²) in [5, 5.41) is 18.7. The molecule has 0 aliphatic rings. The summed E-state index contributed by atoms with van der Waals surface area (Å²) in [5.74, 6) is -1.06. The number of carbonyl (C=O) groups excluding carboxylic acids is 1.